The number of carbonyl (C=O) groups is 2. The van der Waals surface area contributed by atoms with E-state index in [0.717, 1.165) is 11.1 Å². The van der Waals surface area contributed by atoms with Crippen LogP contribution in [0.15, 0.2) is 59.1 Å². The molecule has 0 radical (unpaired) electrons. The SMILES string of the molecule is COC(=O)C1Cc2ccccc2CN1C(=O)c1cc(-c2ccccc2F)nc2onc(C)c12. The lowest BCUT2D eigenvalue weighted by Gasteiger charge is -2.35. The van der Waals surface area contributed by atoms with Gasteiger partial charge in [0.05, 0.1) is 29.4 Å². The Morgan fingerprint density at radius 1 is 1.12 bits per heavy atom. The van der Waals surface area contributed by atoms with Crippen molar-refractivity contribution >= 4 is 23.0 Å². The number of aromatic nitrogens is 2. The van der Waals surface area contributed by atoms with Gasteiger partial charge >= 0.3 is 5.97 Å². The number of esters is 1. The van der Waals surface area contributed by atoms with Crippen LogP contribution in [0.4, 0.5) is 4.39 Å². The quantitative estimate of drug-likeness (QED) is 0.442. The van der Waals surface area contributed by atoms with Crippen LogP contribution in [0.5, 0.6) is 0 Å². The molecule has 166 valence electrons. The Balaban J connectivity index is 1.66. The molecular weight excluding hydrogens is 425 g/mol. The minimum atomic E-state index is -0.794. The molecule has 7 nitrogen and oxygen atoms in total. The average Bonchev–Trinajstić information content (AvgIpc) is 3.22. The number of hydrogen-bond acceptors (Lipinski definition) is 6. The first-order valence-electron chi connectivity index (χ1n) is 10.5. The third-order valence-corrected chi connectivity index (χ3v) is 5.98. The summed E-state index contributed by atoms with van der Waals surface area (Å²) >= 11 is 0. The first-order valence-corrected chi connectivity index (χ1v) is 10.5. The fourth-order valence-electron chi connectivity index (χ4n) is 4.31. The van der Waals surface area contributed by atoms with Gasteiger partial charge in [-0.25, -0.2) is 14.2 Å². The van der Waals surface area contributed by atoms with Crippen LogP contribution in [0.25, 0.3) is 22.4 Å². The topological polar surface area (TPSA) is 85.5 Å². The fourth-order valence-corrected chi connectivity index (χ4v) is 4.31. The van der Waals surface area contributed by atoms with Crippen LogP contribution in [0.2, 0.25) is 0 Å². The zero-order valence-corrected chi connectivity index (χ0v) is 18.0. The molecule has 8 heteroatoms. The zero-order chi connectivity index (χ0) is 23.1. The van der Waals surface area contributed by atoms with Crippen molar-refractivity contribution in [1.82, 2.24) is 15.0 Å². The number of methoxy groups -OCH3 is 1. The molecule has 3 heterocycles. The molecule has 0 saturated carbocycles. The van der Waals surface area contributed by atoms with E-state index in [1.807, 2.05) is 24.3 Å². The molecule has 0 spiro atoms. The maximum Gasteiger partial charge on any atom is 0.328 e. The molecule has 4 aromatic rings. The van der Waals surface area contributed by atoms with Crippen molar-refractivity contribution in [3.63, 3.8) is 0 Å². The number of rotatable bonds is 3. The minimum Gasteiger partial charge on any atom is -0.467 e. The van der Waals surface area contributed by atoms with Crippen molar-refractivity contribution in [1.29, 1.82) is 0 Å². The predicted molar refractivity (Wildman–Crippen MR) is 118 cm³/mol. The lowest BCUT2D eigenvalue weighted by molar-refractivity contribution is -0.146. The molecule has 0 bridgehead atoms. The van der Waals surface area contributed by atoms with E-state index >= 15 is 0 Å². The first kappa shape index (κ1) is 20.8. The molecule has 33 heavy (non-hydrogen) atoms. The normalized spacial score (nSPS) is 15.4. The van der Waals surface area contributed by atoms with Crippen molar-refractivity contribution in [2.75, 3.05) is 7.11 Å². The number of fused-ring (bicyclic) bond motifs is 2. The molecule has 1 aliphatic rings. The van der Waals surface area contributed by atoms with Crippen LogP contribution in [-0.2, 0) is 22.5 Å². The second-order valence-corrected chi connectivity index (χ2v) is 7.93. The average molecular weight is 445 g/mol. The van der Waals surface area contributed by atoms with E-state index < -0.39 is 23.7 Å². The van der Waals surface area contributed by atoms with Gasteiger partial charge in [-0.2, -0.15) is 0 Å². The van der Waals surface area contributed by atoms with Gasteiger partial charge in [0.1, 0.15) is 11.9 Å². The highest BCUT2D eigenvalue weighted by atomic mass is 19.1. The number of ether oxygens (including phenoxy) is 1. The number of nitrogens with zero attached hydrogens (tertiary/aromatic N) is 3. The van der Waals surface area contributed by atoms with Crippen LogP contribution in [0.1, 0.15) is 27.2 Å². The van der Waals surface area contributed by atoms with Gasteiger partial charge in [-0.3, -0.25) is 4.79 Å². The van der Waals surface area contributed by atoms with E-state index in [1.165, 1.54) is 24.1 Å². The van der Waals surface area contributed by atoms with Gasteiger partial charge in [-0.15, -0.1) is 0 Å². The van der Waals surface area contributed by atoms with Crippen molar-refractivity contribution in [2.24, 2.45) is 0 Å². The second kappa shape index (κ2) is 8.12. The maximum absolute atomic E-state index is 14.5. The highest BCUT2D eigenvalue weighted by Crippen LogP contribution is 2.32. The van der Waals surface area contributed by atoms with Gasteiger partial charge in [0.2, 0.25) is 0 Å². The molecule has 1 aliphatic heterocycles. The third kappa shape index (κ3) is 3.53. The predicted octanol–water partition coefficient (Wildman–Crippen LogP) is 4.08. The van der Waals surface area contributed by atoms with Crippen LogP contribution in [0.3, 0.4) is 0 Å². The largest absolute Gasteiger partial charge is 0.467 e. The standard InChI is InChI=1S/C25H20FN3O4/c1-14-22-18(12-20(27-23(22)33-28-14)17-9-5-6-10-19(17)26)24(30)29-13-16-8-4-3-7-15(16)11-21(29)25(31)32-2/h3-10,12,21H,11,13H2,1-2H3. The number of amides is 1. The molecule has 0 aliphatic carbocycles. The summed E-state index contributed by atoms with van der Waals surface area (Å²) in [6, 6.07) is 14.6. The van der Waals surface area contributed by atoms with Gasteiger partial charge in [-0.1, -0.05) is 41.6 Å². The van der Waals surface area contributed by atoms with Crippen molar-refractivity contribution in [2.45, 2.75) is 25.9 Å². The van der Waals surface area contributed by atoms with Crippen LogP contribution >= 0.6 is 0 Å². The van der Waals surface area contributed by atoms with E-state index in [-0.39, 0.29) is 29.1 Å². The Kier molecular flexibility index (Phi) is 5.12. The van der Waals surface area contributed by atoms with Gasteiger partial charge in [0, 0.05) is 18.5 Å². The molecule has 2 aromatic carbocycles. The fraction of sp³-hybridized carbons (Fsp3) is 0.200. The molecular formula is C25H20FN3O4. The van der Waals surface area contributed by atoms with Gasteiger partial charge in [-0.05, 0) is 36.2 Å². The summed E-state index contributed by atoms with van der Waals surface area (Å²) in [4.78, 5) is 32.4. The van der Waals surface area contributed by atoms with Crippen LogP contribution < -0.4 is 0 Å². The zero-order valence-electron chi connectivity index (χ0n) is 18.0. The molecule has 1 amide bonds. The van der Waals surface area contributed by atoms with E-state index in [1.54, 1.807) is 25.1 Å². The van der Waals surface area contributed by atoms with Gasteiger partial charge in [0.25, 0.3) is 11.6 Å². The monoisotopic (exact) mass is 445 g/mol. The Bertz CT molecular complexity index is 1400. The van der Waals surface area contributed by atoms with Crippen LogP contribution in [0, 0.1) is 12.7 Å². The lowest BCUT2D eigenvalue weighted by Crippen LogP contribution is -2.49. The Morgan fingerprint density at radius 2 is 1.85 bits per heavy atom. The van der Waals surface area contributed by atoms with Gasteiger partial charge < -0.3 is 14.2 Å². The van der Waals surface area contributed by atoms with Crippen molar-refractivity contribution in [3.8, 4) is 11.3 Å². The number of carbonyl (C=O) groups excluding carboxylic acids is 2. The lowest BCUT2D eigenvalue weighted by atomic mass is 9.93. The summed E-state index contributed by atoms with van der Waals surface area (Å²) in [6.07, 6.45) is 0.339. The first-order chi connectivity index (χ1) is 16.0. The maximum atomic E-state index is 14.5. The summed E-state index contributed by atoms with van der Waals surface area (Å²) < 4.78 is 24.8. The molecule has 2 aromatic heterocycles. The Morgan fingerprint density at radius 3 is 2.61 bits per heavy atom. The number of hydrogen-bond donors (Lipinski definition) is 0. The molecule has 0 fully saturated rings. The summed E-state index contributed by atoms with van der Waals surface area (Å²) in [6.45, 7) is 1.94. The van der Waals surface area contributed by atoms with Crippen molar-refractivity contribution < 1.29 is 23.2 Å². The minimum absolute atomic E-state index is 0.128. The number of benzene rings is 2. The summed E-state index contributed by atoms with van der Waals surface area (Å²) in [7, 11) is 1.30. The smallest absolute Gasteiger partial charge is 0.328 e. The molecule has 0 saturated heterocycles. The van der Waals surface area contributed by atoms with Gasteiger partial charge in [0.15, 0.2) is 0 Å². The number of halogens is 1. The highest BCUT2D eigenvalue weighted by Gasteiger charge is 2.37. The summed E-state index contributed by atoms with van der Waals surface area (Å²) in [5.74, 6) is -1.38. The Labute approximate surface area is 188 Å². The van der Waals surface area contributed by atoms with E-state index in [0.29, 0.717) is 17.5 Å². The van der Waals surface area contributed by atoms with Crippen molar-refractivity contribution in [3.05, 3.63) is 82.8 Å². The Hall–Kier alpha value is -4.07. The molecule has 1 unspecified atom stereocenters. The summed E-state index contributed by atoms with van der Waals surface area (Å²) in [5, 5.41) is 4.39. The molecule has 0 N–H and O–H groups in total. The van der Waals surface area contributed by atoms with E-state index in [4.69, 9.17) is 9.26 Å². The van der Waals surface area contributed by atoms with E-state index in [9.17, 15) is 14.0 Å². The number of pyridine rings is 1. The van der Waals surface area contributed by atoms with Crippen LogP contribution in [-0.4, -0.2) is 40.1 Å². The summed E-state index contributed by atoms with van der Waals surface area (Å²) in [5.41, 5.74) is 3.27. The molecule has 5 rings (SSSR count). The van der Waals surface area contributed by atoms with E-state index in [2.05, 4.69) is 10.1 Å². The molecule has 1 atom stereocenters. The highest BCUT2D eigenvalue weighted by molar-refractivity contribution is 6.08. The number of aryl methyl sites for hydroxylation is 1. The second-order valence-electron chi connectivity index (χ2n) is 7.93. The third-order valence-electron chi connectivity index (χ3n) is 5.98.